The maximum Gasteiger partial charge on any atom is 0.243 e. The molecular weight excluding hydrogens is 522 g/mol. The molecule has 4 unspecified atom stereocenters. The van der Waals surface area contributed by atoms with Crippen LogP contribution in [0.1, 0.15) is 74.8 Å². The molecule has 0 aliphatic heterocycles. The highest BCUT2D eigenvalue weighted by Gasteiger charge is 3.18. The van der Waals surface area contributed by atoms with Gasteiger partial charge in [0, 0.05) is 42.7 Å². The highest BCUT2D eigenvalue weighted by atomic mass is 32.2. The monoisotopic (exact) mass is 569 g/mol. The van der Waals surface area contributed by atoms with Crippen LogP contribution in [0.15, 0.2) is 29.2 Å². The Morgan fingerprint density at radius 2 is 1.15 bits per heavy atom. The van der Waals surface area contributed by atoms with Gasteiger partial charge in [0.1, 0.15) is 0 Å². The summed E-state index contributed by atoms with van der Waals surface area (Å²) in [6.45, 7) is 21.3. The van der Waals surface area contributed by atoms with Gasteiger partial charge in [-0.3, -0.25) is 9.59 Å². The van der Waals surface area contributed by atoms with Crippen LogP contribution in [0.3, 0.4) is 0 Å². The molecule has 7 nitrogen and oxygen atoms in total. The van der Waals surface area contributed by atoms with Gasteiger partial charge in [-0.1, -0.05) is 26.0 Å². The van der Waals surface area contributed by atoms with Crippen molar-refractivity contribution in [2.75, 3.05) is 13.1 Å². The number of hydrogen-bond acceptors (Lipinski definition) is 4. The van der Waals surface area contributed by atoms with Gasteiger partial charge in [-0.05, 0) is 103 Å². The highest BCUT2D eigenvalue weighted by Crippen LogP contribution is 3.14. The molecule has 6 saturated carbocycles. The summed E-state index contributed by atoms with van der Waals surface area (Å²) < 4.78 is 27.9. The number of rotatable bonds is 11. The number of benzene rings is 1. The Morgan fingerprint density at radius 1 is 0.725 bits per heavy atom. The molecular formula is C32H47N3O4S. The Hall–Kier alpha value is -1.93. The Bertz CT molecular complexity index is 1320. The third kappa shape index (κ3) is 2.51. The summed E-state index contributed by atoms with van der Waals surface area (Å²) in [5.74, 6) is 1.72. The zero-order valence-corrected chi connectivity index (χ0v) is 26.6. The van der Waals surface area contributed by atoms with E-state index in [9.17, 15) is 18.0 Å². The molecule has 0 spiro atoms. The lowest BCUT2D eigenvalue weighted by Crippen LogP contribution is -3.18. The van der Waals surface area contributed by atoms with Gasteiger partial charge in [0.05, 0.1) is 15.7 Å². The average molecular weight is 570 g/mol. The highest BCUT2D eigenvalue weighted by molar-refractivity contribution is 7.89. The van der Waals surface area contributed by atoms with Crippen molar-refractivity contribution >= 4 is 21.8 Å². The third-order valence-corrected chi connectivity index (χ3v) is 13.9. The molecule has 6 aliphatic rings. The number of amides is 2. The van der Waals surface area contributed by atoms with E-state index in [1.54, 1.807) is 12.1 Å². The molecule has 0 saturated heterocycles. The van der Waals surface area contributed by atoms with Crippen molar-refractivity contribution in [2.45, 2.75) is 104 Å². The van der Waals surface area contributed by atoms with Gasteiger partial charge < -0.3 is 9.80 Å². The first-order valence-electron chi connectivity index (χ1n) is 15.4. The predicted molar refractivity (Wildman–Crippen MR) is 155 cm³/mol. The molecule has 4 atom stereocenters. The molecule has 220 valence electrons. The Kier molecular flexibility index (Phi) is 5.88. The molecule has 0 heterocycles. The summed E-state index contributed by atoms with van der Waals surface area (Å²) in [6, 6.07) is 7.83. The van der Waals surface area contributed by atoms with Crippen LogP contribution < -0.4 is 0 Å². The van der Waals surface area contributed by atoms with Crippen LogP contribution in [-0.4, -0.2) is 71.6 Å². The second kappa shape index (κ2) is 8.33. The van der Waals surface area contributed by atoms with Gasteiger partial charge in [-0.25, -0.2) is 8.42 Å². The van der Waals surface area contributed by atoms with Gasteiger partial charge >= 0.3 is 0 Å². The SMILES string of the molecule is CCN(CC)S(=O)(=O)c1ccc(C23C4C5C6C(C2C64C(=O)N(C(C)C)C(C)C)C53C(=O)N(C(C)C)C(C)C)cc1. The van der Waals surface area contributed by atoms with Crippen molar-refractivity contribution in [3.63, 3.8) is 0 Å². The van der Waals surface area contributed by atoms with E-state index in [1.165, 1.54) is 4.31 Å². The van der Waals surface area contributed by atoms with Crippen LogP contribution in [0, 0.1) is 40.4 Å². The van der Waals surface area contributed by atoms with Crippen molar-refractivity contribution in [1.29, 1.82) is 0 Å². The summed E-state index contributed by atoms with van der Waals surface area (Å²) in [7, 11) is -3.57. The Labute approximate surface area is 240 Å². The molecule has 1 aromatic carbocycles. The second-order valence-corrected chi connectivity index (χ2v) is 16.1. The second-order valence-electron chi connectivity index (χ2n) is 14.1. The van der Waals surface area contributed by atoms with Gasteiger partial charge in [-0.2, -0.15) is 4.31 Å². The van der Waals surface area contributed by atoms with E-state index in [4.69, 9.17) is 0 Å². The fourth-order valence-electron chi connectivity index (χ4n) is 11.3. The first-order chi connectivity index (χ1) is 18.7. The summed E-state index contributed by atoms with van der Waals surface area (Å²) in [4.78, 5) is 33.2. The Balaban J connectivity index is 1.42. The van der Waals surface area contributed by atoms with Crippen LogP contribution in [-0.2, 0) is 25.0 Å². The molecule has 0 N–H and O–H groups in total. The minimum atomic E-state index is -3.57. The zero-order chi connectivity index (χ0) is 29.5. The summed E-state index contributed by atoms with van der Waals surface area (Å²) in [5, 5.41) is 0. The quantitative estimate of drug-likeness (QED) is 0.397. The average Bonchev–Trinajstić information content (AvgIpc) is 2.87. The lowest BCUT2D eigenvalue weighted by atomic mass is 8.87. The fraction of sp³-hybridized carbons (Fsp3) is 0.750. The molecule has 40 heavy (non-hydrogen) atoms. The van der Waals surface area contributed by atoms with E-state index >= 15 is 0 Å². The van der Waals surface area contributed by atoms with Crippen LogP contribution in [0.2, 0.25) is 0 Å². The van der Waals surface area contributed by atoms with Gasteiger partial charge in [0.25, 0.3) is 0 Å². The van der Waals surface area contributed by atoms with Crippen LogP contribution in [0.4, 0.5) is 0 Å². The zero-order valence-electron chi connectivity index (χ0n) is 25.8. The van der Waals surface area contributed by atoms with Crippen molar-refractivity contribution in [3.8, 4) is 0 Å². The normalized spacial score (nSPS) is 37.5. The van der Waals surface area contributed by atoms with E-state index < -0.39 is 15.4 Å². The van der Waals surface area contributed by atoms with Crippen molar-refractivity contribution in [1.82, 2.24) is 14.1 Å². The summed E-state index contributed by atoms with van der Waals surface area (Å²) in [5.41, 5.74) is -0.0819. The molecule has 0 radical (unpaired) electrons. The topological polar surface area (TPSA) is 78.0 Å². The third-order valence-electron chi connectivity index (χ3n) is 11.9. The number of nitrogens with zero attached hydrogens (tertiary/aromatic N) is 3. The number of sulfonamides is 1. The molecule has 6 aliphatic carbocycles. The minimum Gasteiger partial charge on any atom is -0.337 e. The van der Waals surface area contributed by atoms with Gasteiger partial charge in [-0.15, -0.1) is 0 Å². The molecule has 7 rings (SSSR count). The number of carbonyl (C=O) groups excluding carboxylic acids is 2. The van der Waals surface area contributed by atoms with Crippen molar-refractivity contribution in [3.05, 3.63) is 29.8 Å². The Morgan fingerprint density at radius 3 is 1.55 bits per heavy atom. The first kappa shape index (κ1) is 28.2. The van der Waals surface area contributed by atoms with E-state index in [1.807, 2.05) is 26.0 Å². The fourth-order valence-corrected chi connectivity index (χ4v) is 12.8. The lowest BCUT2D eigenvalue weighted by molar-refractivity contribution is -0.641. The summed E-state index contributed by atoms with van der Waals surface area (Å²) >= 11 is 0. The lowest BCUT2D eigenvalue weighted by Gasteiger charge is -3.14. The number of carbonyl (C=O) groups is 2. The predicted octanol–water partition coefficient (Wildman–Crippen LogP) is 4.37. The smallest absolute Gasteiger partial charge is 0.243 e. The van der Waals surface area contributed by atoms with Crippen molar-refractivity contribution in [2.24, 2.45) is 40.4 Å². The minimum absolute atomic E-state index is 0.0970. The van der Waals surface area contributed by atoms with E-state index in [-0.39, 0.29) is 70.5 Å². The molecule has 0 bridgehead atoms. The van der Waals surface area contributed by atoms with Crippen molar-refractivity contribution < 1.29 is 18.0 Å². The molecule has 1 aromatic rings. The van der Waals surface area contributed by atoms with Crippen LogP contribution in [0.5, 0.6) is 0 Å². The molecule has 2 amide bonds. The molecule has 6 fully saturated rings. The maximum absolute atomic E-state index is 14.5. The van der Waals surface area contributed by atoms with Gasteiger partial charge in [0.2, 0.25) is 21.8 Å². The van der Waals surface area contributed by atoms with Gasteiger partial charge in [0.15, 0.2) is 0 Å². The van der Waals surface area contributed by atoms with E-state index in [0.717, 1.165) is 5.56 Å². The van der Waals surface area contributed by atoms with E-state index in [0.29, 0.717) is 23.9 Å². The largest absolute Gasteiger partial charge is 0.337 e. The van der Waals surface area contributed by atoms with Crippen LogP contribution >= 0.6 is 0 Å². The van der Waals surface area contributed by atoms with Crippen LogP contribution in [0.25, 0.3) is 0 Å². The maximum atomic E-state index is 14.5. The summed E-state index contributed by atoms with van der Waals surface area (Å²) in [6.07, 6.45) is 0. The number of hydrogen-bond donors (Lipinski definition) is 0. The first-order valence-corrected chi connectivity index (χ1v) is 16.9. The molecule has 8 heteroatoms. The standard InChI is InChI=1S/C32H47N3O4S/c1-11-33(12-2)40(38,39)22-15-13-21(14-16-22)31-26-24-23-25(32(24,31)29(37)35(19(7)8)20(9)10)27(31)30(23,26)28(36)34(17(3)4)18(5)6/h13-20,23-27H,11-12H2,1-10H3. The van der Waals surface area contributed by atoms with E-state index in [2.05, 4.69) is 65.2 Å². The molecule has 0 aromatic heterocycles.